The third-order valence-electron chi connectivity index (χ3n) is 2.82. The zero-order valence-corrected chi connectivity index (χ0v) is 13.5. The molecular weight excluding hydrogens is 270 g/mol. The van der Waals surface area contributed by atoms with E-state index in [1.807, 2.05) is 26.1 Å². The number of nitrogens with zero attached hydrogens (tertiary/aromatic N) is 2. The van der Waals surface area contributed by atoms with E-state index in [1.54, 1.807) is 0 Å². The summed E-state index contributed by atoms with van der Waals surface area (Å²) in [5, 5.41) is 4.98. The maximum atomic E-state index is 5.54. The molecule has 2 rings (SSSR count). The summed E-state index contributed by atoms with van der Waals surface area (Å²) in [5.41, 5.74) is 2.21. The lowest BCUT2D eigenvalue weighted by atomic mass is 10.1. The van der Waals surface area contributed by atoms with Crippen molar-refractivity contribution >= 4 is 11.8 Å². The van der Waals surface area contributed by atoms with Gasteiger partial charge in [-0.25, -0.2) is 9.97 Å². The van der Waals surface area contributed by atoms with E-state index in [4.69, 9.17) is 4.42 Å². The van der Waals surface area contributed by atoms with Crippen molar-refractivity contribution in [1.29, 1.82) is 0 Å². The van der Waals surface area contributed by atoms with Crippen molar-refractivity contribution in [1.82, 2.24) is 15.3 Å². The van der Waals surface area contributed by atoms with Crippen molar-refractivity contribution in [3.8, 4) is 0 Å². The first-order valence-electron chi connectivity index (χ1n) is 6.65. The Labute approximate surface area is 124 Å². The van der Waals surface area contributed by atoms with Crippen LogP contribution >= 0.6 is 11.8 Å². The van der Waals surface area contributed by atoms with Crippen LogP contribution in [0.3, 0.4) is 0 Å². The molecule has 5 heteroatoms. The molecule has 0 atom stereocenters. The Morgan fingerprint density at radius 2 is 2.00 bits per heavy atom. The molecule has 20 heavy (non-hydrogen) atoms. The fourth-order valence-electron chi connectivity index (χ4n) is 1.52. The molecule has 0 fully saturated rings. The van der Waals surface area contributed by atoms with Crippen LogP contribution in [0.15, 0.2) is 33.0 Å². The van der Waals surface area contributed by atoms with E-state index in [2.05, 4.69) is 42.1 Å². The Balaban J connectivity index is 1.98. The molecular formula is C15H21N3OS. The molecule has 0 saturated carbocycles. The molecule has 0 aliphatic rings. The topological polar surface area (TPSA) is 51.0 Å². The molecule has 2 aromatic rings. The molecule has 108 valence electrons. The Bertz CT molecular complexity index is 550. The molecule has 1 N–H and O–H groups in total. The number of hydrogen-bond donors (Lipinski definition) is 1. The molecule has 0 aliphatic carbocycles. The zero-order valence-electron chi connectivity index (χ0n) is 12.7. The Morgan fingerprint density at radius 3 is 2.50 bits per heavy atom. The van der Waals surface area contributed by atoms with Gasteiger partial charge in [-0.2, -0.15) is 0 Å². The fourth-order valence-corrected chi connectivity index (χ4v) is 2.29. The number of oxazole rings is 1. The summed E-state index contributed by atoms with van der Waals surface area (Å²) in [6.45, 7) is 11.1. The largest absolute Gasteiger partial charge is 0.436 e. The molecule has 0 bridgehead atoms. The van der Waals surface area contributed by atoms with Crippen molar-refractivity contribution < 1.29 is 4.42 Å². The highest BCUT2D eigenvalue weighted by Gasteiger charge is 2.10. The van der Waals surface area contributed by atoms with Crippen LogP contribution in [0.4, 0.5) is 0 Å². The summed E-state index contributed by atoms with van der Waals surface area (Å²) in [7, 11) is 0. The highest BCUT2D eigenvalue weighted by molar-refractivity contribution is 7.99. The number of aryl methyl sites for hydroxylation is 2. The second-order valence-corrected chi connectivity index (χ2v) is 6.80. The lowest BCUT2D eigenvalue weighted by Crippen LogP contribution is -2.35. The molecule has 0 unspecified atom stereocenters. The molecule has 0 radical (unpaired) electrons. The number of aromatic nitrogens is 2. The lowest BCUT2D eigenvalue weighted by Gasteiger charge is -2.20. The van der Waals surface area contributed by atoms with Crippen LogP contribution in [0.2, 0.25) is 0 Å². The van der Waals surface area contributed by atoms with Crippen LogP contribution in [0.5, 0.6) is 0 Å². The van der Waals surface area contributed by atoms with Crippen molar-refractivity contribution in [2.75, 3.05) is 0 Å². The number of nitrogens with one attached hydrogen (secondary N) is 1. The van der Waals surface area contributed by atoms with Crippen LogP contribution in [-0.4, -0.2) is 15.5 Å². The summed E-state index contributed by atoms with van der Waals surface area (Å²) in [6.07, 6.45) is 1.89. The van der Waals surface area contributed by atoms with E-state index >= 15 is 0 Å². The fraction of sp³-hybridized carbons (Fsp3) is 0.467. The van der Waals surface area contributed by atoms with E-state index in [-0.39, 0.29) is 5.54 Å². The molecule has 2 aromatic heterocycles. The van der Waals surface area contributed by atoms with Gasteiger partial charge in [-0.3, -0.25) is 0 Å². The van der Waals surface area contributed by atoms with Gasteiger partial charge in [-0.1, -0.05) is 6.07 Å². The summed E-state index contributed by atoms with van der Waals surface area (Å²) >= 11 is 1.45. The average Bonchev–Trinajstić information content (AvgIpc) is 2.66. The van der Waals surface area contributed by atoms with E-state index in [0.717, 1.165) is 23.0 Å². The zero-order chi connectivity index (χ0) is 14.8. The SMILES string of the molecule is Cc1nc(Sc2ccc(CNC(C)(C)C)cn2)oc1C. The minimum atomic E-state index is 0.112. The van der Waals surface area contributed by atoms with Gasteiger partial charge in [0.05, 0.1) is 5.69 Å². The van der Waals surface area contributed by atoms with Gasteiger partial charge in [0, 0.05) is 18.3 Å². The summed E-state index contributed by atoms with van der Waals surface area (Å²) in [5.74, 6) is 0.860. The molecule has 0 spiro atoms. The van der Waals surface area contributed by atoms with Crippen molar-refractivity contribution in [2.45, 2.75) is 57.0 Å². The smallest absolute Gasteiger partial charge is 0.262 e. The van der Waals surface area contributed by atoms with Crippen LogP contribution in [0.25, 0.3) is 0 Å². The molecule has 0 saturated heterocycles. The predicted octanol–water partition coefficient (Wildman–Crippen LogP) is 3.73. The van der Waals surface area contributed by atoms with Gasteiger partial charge in [-0.15, -0.1) is 0 Å². The molecule has 4 nitrogen and oxygen atoms in total. The predicted molar refractivity (Wildman–Crippen MR) is 80.9 cm³/mol. The van der Waals surface area contributed by atoms with Gasteiger partial charge >= 0.3 is 0 Å². The lowest BCUT2D eigenvalue weighted by molar-refractivity contribution is 0.424. The number of hydrogen-bond acceptors (Lipinski definition) is 5. The maximum Gasteiger partial charge on any atom is 0.262 e. The van der Waals surface area contributed by atoms with Gasteiger partial charge < -0.3 is 9.73 Å². The monoisotopic (exact) mass is 291 g/mol. The van der Waals surface area contributed by atoms with E-state index in [0.29, 0.717) is 5.22 Å². The van der Waals surface area contributed by atoms with E-state index < -0.39 is 0 Å². The second-order valence-electron chi connectivity index (χ2n) is 5.83. The Kier molecular flexibility index (Phi) is 4.50. The highest BCUT2D eigenvalue weighted by Crippen LogP contribution is 2.26. The molecule has 0 amide bonds. The first-order valence-corrected chi connectivity index (χ1v) is 7.47. The summed E-state index contributed by atoms with van der Waals surface area (Å²) in [4.78, 5) is 8.78. The Hall–Kier alpha value is -1.33. The van der Waals surface area contributed by atoms with Crippen LogP contribution in [0, 0.1) is 13.8 Å². The van der Waals surface area contributed by atoms with E-state index in [9.17, 15) is 0 Å². The summed E-state index contributed by atoms with van der Waals surface area (Å²) < 4.78 is 5.54. The first kappa shape index (κ1) is 15.1. The molecule has 0 aliphatic heterocycles. The minimum Gasteiger partial charge on any atom is -0.436 e. The third kappa shape index (κ3) is 4.35. The van der Waals surface area contributed by atoms with E-state index in [1.165, 1.54) is 17.3 Å². The average molecular weight is 291 g/mol. The molecule has 2 heterocycles. The number of rotatable bonds is 4. The number of pyridine rings is 1. The quantitative estimate of drug-likeness (QED) is 0.930. The van der Waals surface area contributed by atoms with Crippen molar-refractivity contribution in [3.63, 3.8) is 0 Å². The van der Waals surface area contributed by atoms with Gasteiger partial charge in [0.15, 0.2) is 0 Å². The highest BCUT2D eigenvalue weighted by atomic mass is 32.2. The Morgan fingerprint density at radius 1 is 1.25 bits per heavy atom. The molecule has 0 aromatic carbocycles. The first-order chi connectivity index (χ1) is 9.33. The van der Waals surface area contributed by atoms with Crippen LogP contribution < -0.4 is 5.32 Å². The standard InChI is InChI=1S/C15H21N3OS/c1-10-11(2)19-14(18-10)20-13-7-6-12(8-16-13)9-17-15(3,4)5/h6-8,17H,9H2,1-5H3. The second kappa shape index (κ2) is 5.97. The maximum absolute atomic E-state index is 5.54. The summed E-state index contributed by atoms with van der Waals surface area (Å²) in [6, 6.07) is 4.08. The van der Waals surface area contributed by atoms with Gasteiger partial charge in [-0.05, 0) is 58.0 Å². The van der Waals surface area contributed by atoms with Crippen molar-refractivity contribution in [3.05, 3.63) is 35.3 Å². The van der Waals surface area contributed by atoms with Gasteiger partial charge in [0.25, 0.3) is 5.22 Å². The van der Waals surface area contributed by atoms with Crippen LogP contribution in [0.1, 0.15) is 37.8 Å². The van der Waals surface area contributed by atoms with Gasteiger partial charge in [0.2, 0.25) is 0 Å². The normalized spacial score (nSPS) is 11.8. The minimum absolute atomic E-state index is 0.112. The van der Waals surface area contributed by atoms with Gasteiger partial charge in [0.1, 0.15) is 10.8 Å². The van der Waals surface area contributed by atoms with Crippen molar-refractivity contribution in [2.24, 2.45) is 0 Å². The third-order valence-corrected chi connectivity index (χ3v) is 3.62. The van der Waals surface area contributed by atoms with Crippen LogP contribution in [-0.2, 0) is 6.54 Å².